The van der Waals surface area contributed by atoms with Gasteiger partial charge in [-0.25, -0.2) is 0 Å². The van der Waals surface area contributed by atoms with Gasteiger partial charge in [0.1, 0.15) is 0 Å². The van der Waals surface area contributed by atoms with Crippen LogP contribution in [0.25, 0.3) is 0 Å². The van der Waals surface area contributed by atoms with E-state index in [1.165, 1.54) is 0 Å². The van der Waals surface area contributed by atoms with Crippen LogP contribution in [0.1, 0.15) is 24.9 Å². The molecule has 1 fully saturated rings. The molecule has 2 N–H and O–H groups in total. The average Bonchev–Trinajstić information content (AvgIpc) is 2.83. The highest BCUT2D eigenvalue weighted by Gasteiger charge is 2.23. The Balaban J connectivity index is 0.00000162. The lowest BCUT2D eigenvalue weighted by Gasteiger charge is -2.17. The predicted octanol–water partition coefficient (Wildman–Crippen LogP) is 2.55. The van der Waals surface area contributed by atoms with Crippen LogP contribution in [0, 0.1) is 5.92 Å². The van der Waals surface area contributed by atoms with Crippen molar-refractivity contribution < 1.29 is 4.79 Å². The van der Waals surface area contributed by atoms with Crippen molar-refractivity contribution >= 4 is 29.9 Å². The fourth-order valence-corrected chi connectivity index (χ4v) is 2.17. The van der Waals surface area contributed by atoms with Gasteiger partial charge in [0, 0.05) is 11.6 Å². The van der Waals surface area contributed by atoms with Gasteiger partial charge in [0.15, 0.2) is 0 Å². The molecule has 0 bridgehead atoms. The Morgan fingerprint density at radius 2 is 2.11 bits per heavy atom. The largest absolute Gasteiger partial charge is 0.349 e. The number of carbonyl (C=O) groups excluding carboxylic acids is 1. The van der Waals surface area contributed by atoms with E-state index in [2.05, 4.69) is 10.6 Å². The molecule has 2 atom stereocenters. The second-order valence-electron chi connectivity index (χ2n) is 4.47. The van der Waals surface area contributed by atoms with Crippen molar-refractivity contribution in [2.45, 2.75) is 19.4 Å². The van der Waals surface area contributed by atoms with Crippen molar-refractivity contribution in [3.05, 3.63) is 34.9 Å². The van der Waals surface area contributed by atoms with E-state index in [1.54, 1.807) is 0 Å². The molecule has 1 amide bonds. The number of nitrogens with one attached hydrogen (secondary N) is 2. The summed E-state index contributed by atoms with van der Waals surface area (Å²) in [5, 5.41) is 6.95. The topological polar surface area (TPSA) is 41.1 Å². The maximum Gasteiger partial charge on any atom is 0.224 e. The van der Waals surface area contributed by atoms with Gasteiger partial charge in [0.05, 0.1) is 12.0 Å². The first-order valence-corrected chi connectivity index (χ1v) is 6.31. The van der Waals surface area contributed by atoms with E-state index in [4.69, 9.17) is 11.6 Å². The molecular weight excluding hydrogens is 271 g/mol. The van der Waals surface area contributed by atoms with Crippen LogP contribution in [0.3, 0.4) is 0 Å². The third-order valence-corrected chi connectivity index (χ3v) is 3.41. The first-order chi connectivity index (χ1) is 8.16. The zero-order valence-corrected chi connectivity index (χ0v) is 11.9. The Kier molecular flexibility index (Phi) is 5.93. The fraction of sp³-hybridized carbons (Fsp3) is 0.462. The van der Waals surface area contributed by atoms with Gasteiger partial charge in [0.2, 0.25) is 5.91 Å². The molecule has 18 heavy (non-hydrogen) atoms. The summed E-state index contributed by atoms with van der Waals surface area (Å²) < 4.78 is 0. The third kappa shape index (κ3) is 3.87. The minimum absolute atomic E-state index is 0. The quantitative estimate of drug-likeness (QED) is 0.898. The van der Waals surface area contributed by atoms with Gasteiger partial charge >= 0.3 is 0 Å². The van der Waals surface area contributed by atoms with Gasteiger partial charge in [0.25, 0.3) is 0 Å². The van der Waals surface area contributed by atoms with E-state index < -0.39 is 0 Å². The summed E-state index contributed by atoms with van der Waals surface area (Å²) in [6.45, 7) is 3.72. The van der Waals surface area contributed by atoms with Gasteiger partial charge in [-0.2, -0.15) is 0 Å². The second-order valence-corrected chi connectivity index (χ2v) is 4.91. The lowest BCUT2D eigenvalue weighted by Crippen LogP contribution is -2.33. The molecule has 1 aromatic carbocycles. The first kappa shape index (κ1) is 15.3. The minimum atomic E-state index is 0. The van der Waals surface area contributed by atoms with E-state index in [0.29, 0.717) is 5.02 Å². The molecular formula is C13H18Cl2N2O. The smallest absolute Gasteiger partial charge is 0.224 e. The van der Waals surface area contributed by atoms with Crippen molar-refractivity contribution in [3.8, 4) is 0 Å². The van der Waals surface area contributed by atoms with Crippen LogP contribution in [0.15, 0.2) is 24.3 Å². The Morgan fingerprint density at radius 3 is 2.67 bits per heavy atom. The lowest BCUT2D eigenvalue weighted by atomic mass is 10.1. The Hall–Kier alpha value is -0.770. The molecule has 5 heteroatoms. The number of hydrogen-bond donors (Lipinski definition) is 2. The summed E-state index contributed by atoms with van der Waals surface area (Å²) >= 11 is 5.83. The molecule has 0 aliphatic carbocycles. The minimum Gasteiger partial charge on any atom is -0.349 e. The van der Waals surface area contributed by atoms with E-state index in [1.807, 2.05) is 31.2 Å². The molecule has 0 aromatic heterocycles. The number of halogens is 2. The third-order valence-electron chi connectivity index (χ3n) is 3.16. The molecule has 2 rings (SSSR count). The number of hydrogen-bond acceptors (Lipinski definition) is 2. The number of carbonyl (C=O) groups is 1. The van der Waals surface area contributed by atoms with Gasteiger partial charge < -0.3 is 10.6 Å². The number of amides is 1. The number of rotatable bonds is 3. The molecule has 1 aliphatic heterocycles. The normalized spacial score (nSPS) is 20.0. The Bertz CT molecular complexity index is 388. The zero-order chi connectivity index (χ0) is 12.3. The van der Waals surface area contributed by atoms with Crippen LogP contribution >= 0.6 is 24.0 Å². The van der Waals surface area contributed by atoms with Crippen molar-refractivity contribution in [3.63, 3.8) is 0 Å². The zero-order valence-electron chi connectivity index (χ0n) is 10.3. The van der Waals surface area contributed by atoms with Crippen molar-refractivity contribution in [1.29, 1.82) is 0 Å². The molecule has 100 valence electrons. The van der Waals surface area contributed by atoms with Gasteiger partial charge in [-0.15, -0.1) is 12.4 Å². The summed E-state index contributed by atoms with van der Waals surface area (Å²) in [7, 11) is 0. The van der Waals surface area contributed by atoms with Gasteiger partial charge in [-0.05, 0) is 37.6 Å². The molecule has 3 nitrogen and oxygen atoms in total. The van der Waals surface area contributed by atoms with Crippen molar-refractivity contribution in [2.24, 2.45) is 5.92 Å². The van der Waals surface area contributed by atoms with Gasteiger partial charge in [-0.1, -0.05) is 23.7 Å². The van der Waals surface area contributed by atoms with Crippen LogP contribution in [-0.4, -0.2) is 19.0 Å². The molecule has 1 heterocycles. The van der Waals surface area contributed by atoms with Crippen molar-refractivity contribution in [1.82, 2.24) is 10.6 Å². The summed E-state index contributed by atoms with van der Waals surface area (Å²) in [6, 6.07) is 7.61. The summed E-state index contributed by atoms with van der Waals surface area (Å²) in [5.74, 6) is 0.252. The first-order valence-electron chi connectivity index (χ1n) is 5.93. The van der Waals surface area contributed by atoms with Crippen LogP contribution in [0.5, 0.6) is 0 Å². The standard InChI is InChI=1S/C13H17ClN2O.ClH/c1-9(10-2-4-12(14)5-3-10)16-13(17)11-6-7-15-8-11;/h2-5,9,11,15H,6-8H2,1H3,(H,16,17);1H. The van der Waals surface area contributed by atoms with E-state index in [0.717, 1.165) is 25.1 Å². The summed E-state index contributed by atoms with van der Waals surface area (Å²) in [6.07, 6.45) is 0.930. The monoisotopic (exact) mass is 288 g/mol. The Labute approximate surface area is 119 Å². The van der Waals surface area contributed by atoms with Crippen LogP contribution in [0.4, 0.5) is 0 Å². The maximum atomic E-state index is 11.9. The molecule has 1 aliphatic rings. The lowest BCUT2D eigenvalue weighted by molar-refractivity contribution is -0.125. The van der Waals surface area contributed by atoms with E-state index in [9.17, 15) is 4.79 Å². The van der Waals surface area contributed by atoms with Crippen LogP contribution < -0.4 is 10.6 Å². The second kappa shape index (κ2) is 6.98. The average molecular weight is 289 g/mol. The van der Waals surface area contributed by atoms with Crippen LogP contribution in [0.2, 0.25) is 5.02 Å². The van der Waals surface area contributed by atoms with E-state index in [-0.39, 0.29) is 30.3 Å². The van der Waals surface area contributed by atoms with Crippen LogP contribution in [-0.2, 0) is 4.79 Å². The highest BCUT2D eigenvalue weighted by Crippen LogP contribution is 2.17. The van der Waals surface area contributed by atoms with Crippen molar-refractivity contribution in [2.75, 3.05) is 13.1 Å². The molecule has 0 spiro atoms. The summed E-state index contributed by atoms with van der Waals surface area (Å²) in [5.41, 5.74) is 1.08. The highest BCUT2D eigenvalue weighted by atomic mass is 35.5. The Morgan fingerprint density at radius 1 is 1.44 bits per heavy atom. The maximum absolute atomic E-state index is 11.9. The molecule has 0 radical (unpaired) electrons. The molecule has 0 saturated carbocycles. The van der Waals surface area contributed by atoms with E-state index >= 15 is 0 Å². The fourth-order valence-electron chi connectivity index (χ4n) is 2.04. The van der Waals surface area contributed by atoms with Gasteiger partial charge in [-0.3, -0.25) is 4.79 Å². The molecule has 2 unspecified atom stereocenters. The molecule has 1 saturated heterocycles. The SMILES string of the molecule is CC(NC(=O)C1CCNC1)c1ccc(Cl)cc1.Cl. The predicted molar refractivity (Wildman–Crippen MR) is 76.2 cm³/mol. The molecule has 1 aromatic rings. The highest BCUT2D eigenvalue weighted by molar-refractivity contribution is 6.30. The number of benzene rings is 1. The summed E-state index contributed by atoms with van der Waals surface area (Å²) in [4.78, 5) is 11.9.